The number of nitrogens with one attached hydrogen (secondary N) is 1. The highest BCUT2D eigenvalue weighted by atomic mass is 35.5. The van der Waals surface area contributed by atoms with Crippen LogP contribution in [0.25, 0.3) is 10.8 Å². The topological polar surface area (TPSA) is 58.4 Å². The number of furan rings is 1. The summed E-state index contributed by atoms with van der Waals surface area (Å²) in [5.74, 6) is 2.38. The zero-order chi connectivity index (χ0) is 16.4. The number of piperidine rings is 1. The van der Waals surface area contributed by atoms with Crippen LogP contribution in [-0.2, 0) is 0 Å². The monoisotopic (exact) mass is 405 g/mol. The maximum atomic E-state index is 12.8. The van der Waals surface area contributed by atoms with Crippen molar-refractivity contribution >= 4 is 42.1 Å². The van der Waals surface area contributed by atoms with Crippen LogP contribution in [0.1, 0.15) is 34.0 Å². The average Bonchev–Trinajstić information content (AvgIpc) is 3.14. The van der Waals surface area contributed by atoms with Crippen molar-refractivity contribution in [1.29, 1.82) is 0 Å². The number of likely N-dealkylation sites (tertiary alicyclic amines) is 1. The molecule has 1 amide bonds. The summed E-state index contributed by atoms with van der Waals surface area (Å²) in [4.78, 5) is 20.0. The summed E-state index contributed by atoms with van der Waals surface area (Å²) in [7, 11) is 1.98. The van der Waals surface area contributed by atoms with Gasteiger partial charge in [0.15, 0.2) is 10.8 Å². The molecule has 0 atom stereocenters. The Hall–Kier alpha value is -1.08. The summed E-state index contributed by atoms with van der Waals surface area (Å²) in [6.45, 7) is 6.50. The number of hydrogen-bond acceptors (Lipinski definition) is 5. The summed E-state index contributed by atoms with van der Waals surface area (Å²) in [6, 6.07) is 3.82. The lowest BCUT2D eigenvalue weighted by Gasteiger charge is -2.31. The molecule has 1 aliphatic rings. The molecule has 2 aromatic heterocycles. The number of aryl methyl sites for hydroxylation is 2. The van der Waals surface area contributed by atoms with Gasteiger partial charge in [-0.05, 0) is 58.3 Å². The van der Waals surface area contributed by atoms with Crippen LogP contribution in [0.2, 0.25) is 0 Å². The molecule has 140 valence electrons. The van der Waals surface area contributed by atoms with Crippen molar-refractivity contribution in [2.45, 2.75) is 26.7 Å². The lowest BCUT2D eigenvalue weighted by molar-refractivity contribution is 0.0695. The normalized spacial score (nSPS) is 14.8. The van der Waals surface area contributed by atoms with E-state index in [1.54, 1.807) is 0 Å². The first kappa shape index (κ1) is 22.0. The Kier molecular flexibility index (Phi) is 8.41. The number of thiazole rings is 1. The second-order valence-electron chi connectivity index (χ2n) is 6.14. The van der Waals surface area contributed by atoms with E-state index in [1.807, 2.05) is 37.9 Å². The van der Waals surface area contributed by atoms with Gasteiger partial charge in [0.05, 0.1) is 5.69 Å². The molecular weight excluding hydrogens is 381 g/mol. The minimum absolute atomic E-state index is 0. The van der Waals surface area contributed by atoms with Crippen LogP contribution < -0.4 is 5.32 Å². The lowest BCUT2D eigenvalue weighted by Crippen LogP contribution is -2.40. The van der Waals surface area contributed by atoms with Gasteiger partial charge in [0.1, 0.15) is 10.6 Å². The van der Waals surface area contributed by atoms with Crippen LogP contribution in [0, 0.1) is 19.8 Å². The Morgan fingerprint density at radius 2 is 2.00 bits per heavy atom. The van der Waals surface area contributed by atoms with E-state index in [0.29, 0.717) is 5.92 Å². The molecular formula is C17H25Cl2N3O2S. The van der Waals surface area contributed by atoms with Crippen molar-refractivity contribution in [3.63, 3.8) is 0 Å². The first-order valence-electron chi connectivity index (χ1n) is 8.06. The van der Waals surface area contributed by atoms with E-state index in [9.17, 15) is 4.79 Å². The van der Waals surface area contributed by atoms with Gasteiger partial charge in [-0.1, -0.05) is 0 Å². The Balaban J connectivity index is 0.00000156. The molecule has 5 nitrogen and oxygen atoms in total. The Bertz CT molecular complexity index is 694. The number of rotatable bonds is 4. The highest BCUT2D eigenvalue weighted by Gasteiger charge is 2.26. The summed E-state index contributed by atoms with van der Waals surface area (Å²) in [5.41, 5.74) is 0.793. The highest BCUT2D eigenvalue weighted by Crippen LogP contribution is 2.30. The zero-order valence-electron chi connectivity index (χ0n) is 14.7. The minimum atomic E-state index is 0. The smallest absolute Gasteiger partial charge is 0.265 e. The third kappa shape index (κ3) is 4.97. The second kappa shape index (κ2) is 9.57. The van der Waals surface area contributed by atoms with E-state index in [-0.39, 0.29) is 30.7 Å². The maximum Gasteiger partial charge on any atom is 0.265 e. The quantitative estimate of drug-likeness (QED) is 0.836. The molecule has 0 unspecified atom stereocenters. The van der Waals surface area contributed by atoms with Gasteiger partial charge in [0.2, 0.25) is 0 Å². The van der Waals surface area contributed by atoms with E-state index < -0.39 is 0 Å². The van der Waals surface area contributed by atoms with E-state index in [2.05, 4.69) is 10.3 Å². The van der Waals surface area contributed by atoms with Gasteiger partial charge in [-0.2, -0.15) is 0 Å². The number of nitrogens with zero attached hydrogens (tertiary/aromatic N) is 2. The third-order valence-corrected chi connectivity index (χ3v) is 5.50. The fourth-order valence-electron chi connectivity index (χ4n) is 3.02. The number of hydrogen-bond donors (Lipinski definition) is 1. The first-order valence-corrected chi connectivity index (χ1v) is 8.88. The number of carbonyl (C=O) groups is 1. The number of carbonyl (C=O) groups excluding carboxylic acids is 1. The zero-order valence-corrected chi connectivity index (χ0v) is 17.2. The van der Waals surface area contributed by atoms with Crippen LogP contribution in [0.15, 0.2) is 16.5 Å². The molecule has 0 aromatic carbocycles. The predicted molar refractivity (Wildman–Crippen MR) is 106 cm³/mol. The van der Waals surface area contributed by atoms with Crippen molar-refractivity contribution in [1.82, 2.24) is 15.2 Å². The minimum Gasteiger partial charge on any atom is -0.459 e. The first-order chi connectivity index (χ1) is 11.1. The van der Waals surface area contributed by atoms with Gasteiger partial charge < -0.3 is 14.6 Å². The largest absolute Gasteiger partial charge is 0.459 e. The van der Waals surface area contributed by atoms with Crippen molar-refractivity contribution in [3.05, 3.63) is 28.5 Å². The molecule has 0 spiro atoms. The lowest BCUT2D eigenvalue weighted by atomic mass is 9.97. The molecule has 2 aromatic rings. The standard InChI is InChI=1S/C17H23N3O2S.2ClH/c1-11-4-5-14(22-11)16-19-12(2)15(23-16)17(21)20-8-6-13(7-9-20)10-18-3;;/h4-5,13,18H,6-10H2,1-3H3;2*1H. The van der Waals surface area contributed by atoms with Crippen molar-refractivity contribution < 1.29 is 9.21 Å². The summed E-state index contributed by atoms with van der Waals surface area (Å²) in [6.07, 6.45) is 2.13. The molecule has 0 bridgehead atoms. The predicted octanol–water partition coefficient (Wildman–Crippen LogP) is 3.94. The number of amides is 1. The van der Waals surface area contributed by atoms with Crippen molar-refractivity contribution in [3.8, 4) is 10.8 Å². The fraction of sp³-hybridized carbons (Fsp3) is 0.529. The third-order valence-electron chi connectivity index (χ3n) is 4.34. The SMILES string of the molecule is CNCC1CCN(C(=O)c2sc(-c3ccc(C)o3)nc2C)CC1.Cl.Cl. The van der Waals surface area contributed by atoms with E-state index in [0.717, 1.165) is 59.6 Å². The molecule has 0 saturated carbocycles. The Labute approximate surface area is 165 Å². The summed E-state index contributed by atoms with van der Waals surface area (Å²) >= 11 is 1.43. The van der Waals surface area contributed by atoms with E-state index >= 15 is 0 Å². The van der Waals surface area contributed by atoms with Gasteiger partial charge in [-0.15, -0.1) is 36.2 Å². The molecule has 1 aliphatic heterocycles. The molecule has 1 N–H and O–H groups in total. The summed E-state index contributed by atoms with van der Waals surface area (Å²) in [5, 5.41) is 4.01. The van der Waals surface area contributed by atoms with Crippen molar-refractivity contribution in [2.75, 3.05) is 26.7 Å². The van der Waals surface area contributed by atoms with Gasteiger partial charge in [-0.25, -0.2) is 4.98 Å². The molecule has 1 saturated heterocycles. The average molecular weight is 406 g/mol. The molecule has 1 fully saturated rings. The second-order valence-corrected chi connectivity index (χ2v) is 7.14. The van der Waals surface area contributed by atoms with E-state index in [4.69, 9.17) is 4.42 Å². The molecule has 3 heterocycles. The summed E-state index contributed by atoms with van der Waals surface area (Å²) < 4.78 is 5.62. The molecule has 8 heteroatoms. The Morgan fingerprint density at radius 3 is 2.56 bits per heavy atom. The van der Waals surface area contributed by atoms with Crippen molar-refractivity contribution in [2.24, 2.45) is 5.92 Å². The van der Waals surface area contributed by atoms with E-state index in [1.165, 1.54) is 11.3 Å². The van der Waals surface area contributed by atoms with Gasteiger partial charge in [0.25, 0.3) is 5.91 Å². The fourth-order valence-corrected chi connectivity index (χ4v) is 4.02. The van der Waals surface area contributed by atoms with Crippen LogP contribution in [0.4, 0.5) is 0 Å². The maximum absolute atomic E-state index is 12.8. The number of halogens is 2. The van der Waals surface area contributed by atoms with Crippen LogP contribution in [0.5, 0.6) is 0 Å². The van der Waals surface area contributed by atoms with Gasteiger partial charge in [0, 0.05) is 13.1 Å². The molecule has 3 rings (SSSR count). The van der Waals surface area contributed by atoms with Crippen LogP contribution in [0.3, 0.4) is 0 Å². The molecule has 0 radical (unpaired) electrons. The van der Waals surface area contributed by atoms with Crippen LogP contribution >= 0.6 is 36.2 Å². The van der Waals surface area contributed by atoms with Crippen LogP contribution in [-0.4, -0.2) is 42.5 Å². The number of aromatic nitrogens is 1. The molecule has 0 aliphatic carbocycles. The molecule has 25 heavy (non-hydrogen) atoms. The Morgan fingerprint density at radius 1 is 1.32 bits per heavy atom. The van der Waals surface area contributed by atoms with Gasteiger partial charge in [-0.3, -0.25) is 4.79 Å². The highest BCUT2D eigenvalue weighted by molar-refractivity contribution is 7.17. The van der Waals surface area contributed by atoms with Gasteiger partial charge >= 0.3 is 0 Å².